The minimum Gasteiger partial charge on any atom is -0.326 e. The van der Waals surface area contributed by atoms with E-state index in [0.29, 0.717) is 0 Å². The van der Waals surface area contributed by atoms with E-state index in [1.165, 1.54) is 0 Å². The van der Waals surface area contributed by atoms with E-state index in [1.54, 1.807) is 12.4 Å². The molecule has 4 nitrogen and oxygen atoms in total. The second kappa shape index (κ2) is 5.43. The fourth-order valence-electron chi connectivity index (χ4n) is 2.51. The number of nitrogens with zero attached hydrogens (tertiary/aromatic N) is 3. The fourth-order valence-corrected chi connectivity index (χ4v) is 2.51. The molecule has 3 rings (SSSR count). The lowest BCUT2D eigenvalue weighted by Crippen LogP contribution is -2.18. The van der Waals surface area contributed by atoms with Gasteiger partial charge < -0.3 is 10.3 Å². The predicted octanol–water partition coefficient (Wildman–Crippen LogP) is 2.89. The lowest BCUT2D eigenvalue weighted by Gasteiger charge is -2.14. The van der Waals surface area contributed by atoms with Crippen LogP contribution in [-0.4, -0.2) is 14.5 Å². The van der Waals surface area contributed by atoms with Crippen molar-refractivity contribution in [1.82, 2.24) is 14.5 Å². The van der Waals surface area contributed by atoms with Gasteiger partial charge in [0.25, 0.3) is 0 Å². The van der Waals surface area contributed by atoms with Crippen molar-refractivity contribution in [2.75, 3.05) is 0 Å². The molecule has 1 atom stereocenters. The average Bonchev–Trinajstić information content (AvgIpc) is 2.87. The molecule has 0 fully saturated rings. The number of fused-ring (bicyclic) bond motifs is 1. The zero-order chi connectivity index (χ0) is 13.9. The van der Waals surface area contributed by atoms with Gasteiger partial charge in [-0.25, -0.2) is 4.98 Å². The molecule has 1 aromatic carbocycles. The third-order valence-electron chi connectivity index (χ3n) is 3.46. The highest BCUT2D eigenvalue weighted by Gasteiger charge is 2.17. The summed E-state index contributed by atoms with van der Waals surface area (Å²) in [5.74, 6) is 0.904. The highest BCUT2D eigenvalue weighted by molar-refractivity contribution is 5.75. The van der Waals surface area contributed by atoms with Gasteiger partial charge in [0.05, 0.1) is 17.8 Å². The SMILES string of the molecule is CCCn1c(C(N)c2ccccc2)nc2cnccc21. The Morgan fingerprint density at radius 2 is 2.00 bits per heavy atom. The van der Waals surface area contributed by atoms with Crippen LogP contribution in [0, 0.1) is 0 Å². The van der Waals surface area contributed by atoms with E-state index in [-0.39, 0.29) is 6.04 Å². The van der Waals surface area contributed by atoms with Gasteiger partial charge in [0.2, 0.25) is 0 Å². The van der Waals surface area contributed by atoms with E-state index < -0.39 is 0 Å². The zero-order valence-corrected chi connectivity index (χ0v) is 11.5. The van der Waals surface area contributed by atoms with E-state index in [0.717, 1.165) is 35.4 Å². The largest absolute Gasteiger partial charge is 0.326 e. The molecular formula is C16H18N4. The Kier molecular flexibility index (Phi) is 3.48. The summed E-state index contributed by atoms with van der Waals surface area (Å²) in [4.78, 5) is 8.83. The van der Waals surface area contributed by atoms with E-state index in [2.05, 4.69) is 21.5 Å². The zero-order valence-electron chi connectivity index (χ0n) is 11.5. The van der Waals surface area contributed by atoms with Crippen molar-refractivity contribution in [3.8, 4) is 0 Å². The Bertz CT molecular complexity index is 703. The first-order valence-corrected chi connectivity index (χ1v) is 6.92. The molecular weight excluding hydrogens is 248 g/mol. The maximum atomic E-state index is 6.41. The molecule has 0 spiro atoms. The average molecular weight is 266 g/mol. The molecule has 20 heavy (non-hydrogen) atoms. The summed E-state index contributed by atoms with van der Waals surface area (Å²) < 4.78 is 2.20. The van der Waals surface area contributed by atoms with Crippen molar-refractivity contribution in [2.45, 2.75) is 25.9 Å². The maximum absolute atomic E-state index is 6.41. The fraction of sp³-hybridized carbons (Fsp3) is 0.250. The molecule has 0 radical (unpaired) electrons. The number of rotatable bonds is 4. The summed E-state index contributed by atoms with van der Waals surface area (Å²) in [7, 11) is 0. The highest BCUT2D eigenvalue weighted by Crippen LogP contribution is 2.23. The van der Waals surface area contributed by atoms with Gasteiger partial charge in [0.1, 0.15) is 11.3 Å². The molecule has 4 heteroatoms. The molecule has 102 valence electrons. The summed E-state index contributed by atoms with van der Waals surface area (Å²) in [6.45, 7) is 3.07. The number of hydrogen-bond acceptors (Lipinski definition) is 3. The van der Waals surface area contributed by atoms with Gasteiger partial charge in [0.15, 0.2) is 0 Å². The minimum absolute atomic E-state index is 0.213. The molecule has 0 aliphatic rings. The number of imidazole rings is 1. The molecule has 0 saturated heterocycles. The number of aryl methyl sites for hydroxylation is 1. The van der Waals surface area contributed by atoms with Crippen LogP contribution in [0.2, 0.25) is 0 Å². The molecule has 3 aromatic rings. The van der Waals surface area contributed by atoms with E-state index in [1.807, 2.05) is 36.4 Å². The molecule has 2 heterocycles. The first-order chi connectivity index (χ1) is 9.81. The van der Waals surface area contributed by atoms with E-state index in [4.69, 9.17) is 5.73 Å². The third kappa shape index (κ3) is 2.18. The molecule has 0 amide bonds. The van der Waals surface area contributed by atoms with Crippen molar-refractivity contribution in [3.05, 3.63) is 60.2 Å². The highest BCUT2D eigenvalue weighted by atomic mass is 15.1. The van der Waals surface area contributed by atoms with Crippen molar-refractivity contribution in [1.29, 1.82) is 0 Å². The van der Waals surface area contributed by atoms with E-state index in [9.17, 15) is 0 Å². The maximum Gasteiger partial charge on any atom is 0.131 e. The Morgan fingerprint density at radius 1 is 1.20 bits per heavy atom. The first kappa shape index (κ1) is 12.8. The smallest absolute Gasteiger partial charge is 0.131 e. The van der Waals surface area contributed by atoms with Crippen molar-refractivity contribution in [3.63, 3.8) is 0 Å². The van der Waals surface area contributed by atoms with Crippen molar-refractivity contribution in [2.24, 2.45) is 5.73 Å². The van der Waals surface area contributed by atoms with Crippen LogP contribution in [0.4, 0.5) is 0 Å². The van der Waals surface area contributed by atoms with Crippen LogP contribution in [0.25, 0.3) is 11.0 Å². The molecule has 2 N–H and O–H groups in total. The van der Waals surface area contributed by atoms with Gasteiger partial charge >= 0.3 is 0 Å². The second-order valence-corrected chi connectivity index (χ2v) is 4.87. The van der Waals surface area contributed by atoms with Gasteiger partial charge in [-0.05, 0) is 18.1 Å². The number of hydrogen-bond donors (Lipinski definition) is 1. The summed E-state index contributed by atoms with van der Waals surface area (Å²) in [6.07, 6.45) is 4.64. The Balaban J connectivity index is 2.12. The van der Waals surface area contributed by atoms with Crippen LogP contribution >= 0.6 is 0 Å². The molecule has 0 aliphatic heterocycles. The van der Waals surface area contributed by atoms with Crippen LogP contribution in [0.3, 0.4) is 0 Å². The van der Waals surface area contributed by atoms with Gasteiger partial charge in [-0.2, -0.15) is 0 Å². The predicted molar refractivity (Wildman–Crippen MR) is 80.3 cm³/mol. The van der Waals surface area contributed by atoms with Crippen molar-refractivity contribution >= 4 is 11.0 Å². The topological polar surface area (TPSA) is 56.7 Å². The van der Waals surface area contributed by atoms with E-state index >= 15 is 0 Å². The lowest BCUT2D eigenvalue weighted by molar-refractivity contribution is 0.627. The molecule has 0 bridgehead atoms. The molecule has 0 saturated carbocycles. The molecule has 2 aromatic heterocycles. The normalized spacial score (nSPS) is 12.7. The van der Waals surface area contributed by atoms with Crippen LogP contribution in [0.1, 0.15) is 30.8 Å². The first-order valence-electron chi connectivity index (χ1n) is 6.92. The summed E-state index contributed by atoms with van der Waals surface area (Å²) in [6, 6.07) is 11.9. The number of aromatic nitrogens is 3. The monoisotopic (exact) mass is 266 g/mol. The Hall–Kier alpha value is -2.20. The van der Waals surface area contributed by atoms with Gasteiger partial charge in [0, 0.05) is 12.7 Å². The number of nitrogens with two attached hydrogens (primary N) is 1. The quantitative estimate of drug-likeness (QED) is 0.790. The number of benzene rings is 1. The van der Waals surface area contributed by atoms with Crippen LogP contribution in [0.5, 0.6) is 0 Å². The van der Waals surface area contributed by atoms with Crippen LogP contribution in [0.15, 0.2) is 48.8 Å². The summed E-state index contributed by atoms with van der Waals surface area (Å²) in [5, 5.41) is 0. The second-order valence-electron chi connectivity index (χ2n) is 4.87. The summed E-state index contributed by atoms with van der Waals surface area (Å²) >= 11 is 0. The molecule has 1 unspecified atom stereocenters. The van der Waals surface area contributed by atoms with Gasteiger partial charge in [-0.3, -0.25) is 4.98 Å². The number of pyridine rings is 1. The lowest BCUT2D eigenvalue weighted by atomic mass is 10.1. The third-order valence-corrected chi connectivity index (χ3v) is 3.46. The Labute approximate surface area is 118 Å². The minimum atomic E-state index is -0.213. The van der Waals surface area contributed by atoms with Crippen molar-refractivity contribution < 1.29 is 0 Å². The standard InChI is InChI=1S/C16H18N4/c1-2-10-20-14-8-9-18-11-13(14)19-16(20)15(17)12-6-4-3-5-7-12/h3-9,11,15H,2,10,17H2,1H3. The van der Waals surface area contributed by atoms with Gasteiger partial charge in [-0.1, -0.05) is 37.3 Å². The van der Waals surface area contributed by atoms with Gasteiger partial charge in [-0.15, -0.1) is 0 Å². The summed E-state index contributed by atoms with van der Waals surface area (Å²) in [5.41, 5.74) is 9.49. The van der Waals surface area contributed by atoms with Crippen LogP contribution < -0.4 is 5.73 Å². The Morgan fingerprint density at radius 3 is 2.75 bits per heavy atom. The van der Waals surface area contributed by atoms with Crippen LogP contribution in [-0.2, 0) is 6.54 Å². The molecule has 0 aliphatic carbocycles.